The Morgan fingerprint density at radius 1 is 1.10 bits per heavy atom. The van der Waals surface area contributed by atoms with Crippen molar-refractivity contribution >= 4 is 29.2 Å². The summed E-state index contributed by atoms with van der Waals surface area (Å²) < 4.78 is 0. The summed E-state index contributed by atoms with van der Waals surface area (Å²) in [6, 6.07) is 17.5. The van der Waals surface area contributed by atoms with Crippen molar-refractivity contribution in [2.45, 2.75) is 11.9 Å². The number of rotatable bonds is 5. The Hall–Kier alpha value is -4.01. The highest BCUT2D eigenvalue weighted by atomic mass is 32.2. The van der Waals surface area contributed by atoms with Crippen molar-refractivity contribution in [1.29, 1.82) is 10.5 Å². The van der Waals surface area contributed by atoms with E-state index in [0.717, 1.165) is 17.3 Å². The van der Waals surface area contributed by atoms with Crippen molar-refractivity contribution in [2.75, 3.05) is 16.8 Å². The highest BCUT2D eigenvalue weighted by molar-refractivity contribution is 8.00. The minimum absolute atomic E-state index is 0.00984. The largest absolute Gasteiger partial charge is 0.508 e. The Labute approximate surface area is 177 Å². The number of thioether (sulfide) groups is 1. The number of nitrogens with zero attached hydrogens (tertiary/aromatic N) is 3. The highest BCUT2D eigenvalue weighted by Gasteiger charge is 2.21. The monoisotopic (exact) mass is 415 g/mol. The van der Waals surface area contributed by atoms with Crippen molar-refractivity contribution in [2.24, 2.45) is 0 Å². The molecule has 0 radical (unpaired) electrons. The van der Waals surface area contributed by atoms with E-state index >= 15 is 0 Å². The van der Waals surface area contributed by atoms with E-state index in [1.54, 1.807) is 24.3 Å². The highest BCUT2D eigenvalue weighted by Crippen LogP contribution is 2.36. The van der Waals surface area contributed by atoms with E-state index in [1.807, 2.05) is 25.1 Å². The second-order valence-electron chi connectivity index (χ2n) is 6.40. The Balaban J connectivity index is 1.90. The van der Waals surface area contributed by atoms with Gasteiger partial charge in [-0.1, -0.05) is 41.6 Å². The Bertz CT molecular complexity index is 1180. The van der Waals surface area contributed by atoms with E-state index in [4.69, 9.17) is 5.73 Å². The summed E-state index contributed by atoms with van der Waals surface area (Å²) in [5, 5.41) is 31.9. The number of carbonyl (C=O) groups excluding carboxylic acids is 1. The van der Waals surface area contributed by atoms with Gasteiger partial charge in [-0.3, -0.25) is 4.79 Å². The molecule has 1 heterocycles. The zero-order valence-electron chi connectivity index (χ0n) is 16.0. The number of hydrogen-bond donors (Lipinski definition) is 3. The van der Waals surface area contributed by atoms with Crippen LogP contribution in [0.25, 0.3) is 11.1 Å². The van der Waals surface area contributed by atoms with E-state index in [-0.39, 0.29) is 39.4 Å². The lowest BCUT2D eigenvalue weighted by atomic mass is 9.97. The van der Waals surface area contributed by atoms with Crippen LogP contribution in [0.15, 0.2) is 53.6 Å². The topological polar surface area (TPSA) is 136 Å². The van der Waals surface area contributed by atoms with Crippen LogP contribution in [0.5, 0.6) is 5.75 Å². The number of pyridine rings is 1. The van der Waals surface area contributed by atoms with E-state index in [2.05, 4.69) is 16.4 Å². The maximum Gasteiger partial charge on any atom is 0.234 e. The van der Waals surface area contributed by atoms with Gasteiger partial charge in [0.1, 0.15) is 34.3 Å². The number of nitrogen functional groups attached to an aromatic ring is 1. The maximum atomic E-state index is 12.3. The first-order valence-corrected chi connectivity index (χ1v) is 9.84. The summed E-state index contributed by atoms with van der Waals surface area (Å²) in [4.78, 5) is 16.5. The first-order chi connectivity index (χ1) is 14.4. The summed E-state index contributed by atoms with van der Waals surface area (Å²) in [6.07, 6.45) is 0. The minimum atomic E-state index is -0.261. The number of aryl methyl sites for hydroxylation is 1. The van der Waals surface area contributed by atoms with E-state index in [1.165, 1.54) is 12.1 Å². The molecular formula is C22H17N5O2S. The lowest BCUT2D eigenvalue weighted by Crippen LogP contribution is -2.14. The number of benzene rings is 2. The standard InChI is InChI=1S/C22H17N5O2S/c1-13-2-6-15(7-3-13)26-19(29)12-30-22-18(11-24)20(17(10-23)21(25)27-22)14-4-8-16(28)9-5-14/h2-9,28H,12H2,1H3,(H2,25,27)(H,26,29). The quantitative estimate of drug-likeness (QED) is 0.539. The number of hydrogen-bond acceptors (Lipinski definition) is 7. The molecule has 0 fully saturated rings. The van der Waals surface area contributed by atoms with Crippen molar-refractivity contribution in [1.82, 2.24) is 4.98 Å². The number of anilines is 2. The van der Waals surface area contributed by atoms with E-state index < -0.39 is 0 Å². The molecule has 0 aliphatic carbocycles. The van der Waals surface area contributed by atoms with Gasteiger partial charge in [0.05, 0.1) is 11.3 Å². The second kappa shape index (κ2) is 8.99. The third kappa shape index (κ3) is 4.52. The van der Waals surface area contributed by atoms with Crippen LogP contribution in [-0.4, -0.2) is 21.8 Å². The third-order valence-electron chi connectivity index (χ3n) is 4.25. The summed E-state index contributed by atoms with van der Waals surface area (Å²) in [5.41, 5.74) is 8.81. The molecule has 0 aliphatic heterocycles. The van der Waals surface area contributed by atoms with Gasteiger partial charge >= 0.3 is 0 Å². The zero-order valence-corrected chi connectivity index (χ0v) is 16.8. The average molecular weight is 415 g/mol. The van der Waals surface area contributed by atoms with Crippen LogP contribution in [0.4, 0.5) is 11.5 Å². The van der Waals surface area contributed by atoms with Crippen LogP contribution in [0.1, 0.15) is 16.7 Å². The predicted molar refractivity (Wildman–Crippen MR) is 116 cm³/mol. The van der Waals surface area contributed by atoms with Crippen molar-refractivity contribution in [3.8, 4) is 29.0 Å². The first-order valence-electron chi connectivity index (χ1n) is 8.85. The molecule has 2 aromatic carbocycles. The van der Waals surface area contributed by atoms with Gasteiger partial charge in [-0.25, -0.2) is 4.98 Å². The number of amides is 1. The molecule has 30 heavy (non-hydrogen) atoms. The normalized spacial score (nSPS) is 10.1. The fraction of sp³-hybridized carbons (Fsp3) is 0.0909. The second-order valence-corrected chi connectivity index (χ2v) is 7.36. The Morgan fingerprint density at radius 3 is 2.33 bits per heavy atom. The van der Waals surface area contributed by atoms with Gasteiger partial charge in [0, 0.05) is 11.3 Å². The number of carbonyl (C=O) groups is 1. The molecule has 0 saturated heterocycles. The van der Waals surface area contributed by atoms with Crippen LogP contribution in [0.2, 0.25) is 0 Å². The number of nitriles is 2. The molecule has 0 aliphatic rings. The van der Waals surface area contributed by atoms with Crippen LogP contribution >= 0.6 is 11.8 Å². The van der Waals surface area contributed by atoms with Gasteiger partial charge in [0.15, 0.2) is 0 Å². The summed E-state index contributed by atoms with van der Waals surface area (Å²) in [6.45, 7) is 1.96. The van der Waals surface area contributed by atoms with Gasteiger partial charge in [0.2, 0.25) is 5.91 Å². The third-order valence-corrected chi connectivity index (χ3v) is 5.22. The minimum Gasteiger partial charge on any atom is -0.508 e. The number of aromatic nitrogens is 1. The molecule has 0 bridgehead atoms. The molecule has 0 spiro atoms. The molecule has 1 aromatic heterocycles. The molecular weight excluding hydrogens is 398 g/mol. The average Bonchev–Trinajstić information content (AvgIpc) is 2.74. The lowest BCUT2D eigenvalue weighted by Gasteiger charge is -2.13. The molecule has 7 nitrogen and oxygen atoms in total. The fourth-order valence-electron chi connectivity index (χ4n) is 2.79. The molecule has 0 saturated carbocycles. The summed E-state index contributed by atoms with van der Waals surface area (Å²) in [7, 11) is 0. The Kier molecular flexibility index (Phi) is 6.21. The fourth-order valence-corrected chi connectivity index (χ4v) is 3.58. The number of nitrogens with one attached hydrogen (secondary N) is 1. The van der Waals surface area contributed by atoms with Gasteiger partial charge < -0.3 is 16.2 Å². The van der Waals surface area contributed by atoms with Gasteiger partial charge in [-0.15, -0.1) is 0 Å². The first kappa shape index (κ1) is 20.7. The number of nitrogens with two attached hydrogens (primary N) is 1. The summed E-state index contributed by atoms with van der Waals surface area (Å²) in [5.74, 6) is -0.222. The van der Waals surface area contributed by atoms with E-state index in [9.17, 15) is 20.4 Å². The van der Waals surface area contributed by atoms with Gasteiger partial charge in [-0.2, -0.15) is 10.5 Å². The van der Waals surface area contributed by atoms with Gasteiger partial charge in [-0.05, 0) is 36.8 Å². The van der Waals surface area contributed by atoms with Crippen LogP contribution < -0.4 is 11.1 Å². The van der Waals surface area contributed by atoms with Gasteiger partial charge in [0.25, 0.3) is 0 Å². The number of aromatic hydroxyl groups is 1. The van der Waals surface area contributed by atoms with Crippen molar-refractivity contribution in [3.63, 3.8) is 0 Å². The molecule has 148 valence electrons. The molecule has 8 heteroatoms. The molecule has 0 unspecified atom stereocenters. The molecule has 0 atom stereocenters. The molecule has 4 N–H and O–H groups in total. The Morgan fingerprint density at radius 2 is 1.73 bits per heavy atom. The molecule has 3 rings (SSSR count). The van der Waals surface area contributed by atoms with Crippen LogP contribution in [0.3, 0.4) is 0 Å². The maximum absolute atomic E-state index is 12.3. The van der Waals surface area contributed by atoms with Crippen molar-refractivity contribution in [3.05, 3.63) is 65.2 Å². The SMILES string of the molecule is Cc1ccc(NC(=O)CSc2nc(N)c(C#N)c(-c3ccc(O)cc3)c2C#N)cc1. The molecule has 3 aromatic rings. The van der Waals surface area contributed by atoms with E-state index in [0.29, 0.717) is 16.8 Å². The smallest absolute Gasteiger partial charge is 0.234 e. The zero-order chi connectivity index (χ0) is 21.7. The molecule has 1 amide bonds. The van der Waals surface area contributed by atoms with Crippen molar-refractivity contribution < 1.29 is 9.90 Å². The van der Waals surface area contributed by atoms with Crippen LogP contribution in [0, 0.1) is 29.6 Å². The number of phenols is 1. The van der Waals surface area contributed by atoms with Crippen LogP contribution in [-0.2, 0) is 4.79 Å². The summed E-state index contributed by atoms with van der Waals surface area (Å²) >= 11 is 1.06. The lowest BCUT2D eigenvalue weighted by molar-refractivity contribution is -0.113. The number of phenolic OH excluding ortho intramolecular Hbond substituents is 1. The predicted octanol–water partition coefficient (Wildman–Crippen LogP) is 3.82.